The van der Waals surface area contributed by atoms with E-state index in [1.165, 1.54) is 11.8 Å². The molecule has 11 heavy (non-hydrogen) atoms. The number of amides is 3. The molecule has 0 bridgehead atoms. The number of thioether (sulfide) groups is 1. The fraction of sp³-hybridized carbons (Fsp3) is 0.667. The molecule has 1 fully saturated rings. The van der Waals surface area contributed by atoms with Gasteiger partial charge < -0.3 is 5.32 Å². The largest absolute Gasteiger partial charge is 0.323 e. The molecular formula is C6H10N2O2S. The first-order chi connectivity index (χ1) is 5.08. The van der Waals surface area contributed by atoms with E-state index in [0.717, 1.165) is 0 Å². The zero-order valence-electron chi connectivity index (χ0n) is 6.43. The SMILES string of the molecule is CSC[C@]1(C)NC(=O)NC1=O. The Bertz CT molecular complexity index is 207. The summed E-state index contributed by atoms with van der Waals surface area (Å²) in [5.74, 6) is 0.363. The van der Waals surface area contributed by atoms with E-state index in [4.69, 9.17) is 0 Å². The Kier molecular flexibility index (Phi) is 2.08. The highest BCUT2D eigenvalue weighted by molar-refractivity contribution is 7.98. The normalized spacial score (nSPS) is 30.0. The molecule has 0 unspecified atom stereocenters. The fourth-order valence-corrected chi connectivity index (χ4v) is 1.75. The van der Waals surface area contributed by atoms with Crippen molar-refractivity contribution >= 4 is 23.7 Å². The van der Waals surface area contributed by atoms with Gasteiger partial charge in [0, 0.05) is 5.75 Å². The third-order valence-electron chi connectivity index (χ3n) is 1.55. The summed E-state index contributed by atoms with van der Waals surface area (Å²) in [6, 6.07) is -0.397. The first kappa shape index (κ1) is 8.39. The van der Waals surface area contributed by atoms with Crippen molar-refractivity contribution in [3.8, 4) is 0 Å². The lowest BCUT2D eigenvalue weighted by atomic mass is 10.1. The van der Waals surface area contributed by atoms with Gasteiger partial charge in [-0.2, -0.15) is 11.8 Å². The molecule has 5 heteroatoms. The van der Waals surface area contributed by atoms with E-state index in [-0.39, 0.29) is 5.91 Å². The van der Waals surface area contributed by atoms with Crippen LogP contribution in [-0.4, -0.2) is 29.5 Å². The zero-order valence-corrected chi connectivity index (χ0v) is 7.25. The molecule has 4 nitrogen and oxygen atoms in total. The molecule has 1 aliphatic rings. The van der Waals surface area contributed by atoms with Crippen LogP contribution < -0.4 is 10.6 Å². The second-order valence-corrected chi connectivity index (χ2v) is 3.54. The first-order valence-corrected chi connectivity index (χ1v) is 4.60. The van der Waals surface area contributed by atoms with Crippen LogP contribution in [0.4, 0.5) is 4.79 Å². The van der Waals surface area contributed by atoms with E-state index in [1.807, 2.05) is 6.26 Å². The topological polar surface area (TPSA) is 58.2 Å². The van der Waals surface area contributed by atoms with Crippen LogP contribution in [0.5, 0.6) is 0 Å². The molecule has 62 valence electrons. The van der Waals surface area contributed by atoms with Crippen LogP contribution in [0, 0.1) is 0 Å². The molecule has 1 atom stereocenters. The second kappa shape index (κ2) is 2.73. The maximum absolute atomic E-state index is 11.1. The number of nitrogens with one attached hydrogen (secondary N) is 2. The van der Waals surface area contributed by atoms with Gasteiger partial charge in [-0.25, -0.2) is 4.79 Å². The predicted octanol–water partition coefficient (Wildman–Crippen LogP) is -0.0525. The van der Waals surface area contributed by atoms with Gasteiger partial charge in [0.05, 0.1) is 0 Å². The highest BCUT2D eigenvalue weighted by atomic mass is 32.2. The van der Waals surface area contributed by atoms with Crippen molar-refractivity contribution in [2.75, 3.05) is 12.0 Å². The Morgan fingerprint density at radius 3 is 2.55 bits per heavy atom. The van der Waals surface area contributed by atoms with Crippen molar-refractivity contribution in [3.63, 3.8) is 0 Å². The number of carbonyl (C=O) groups excluding carboxylic acids is 2. The fourth-order valence-electron chi connectivity index (χ4n) is 0.970. The van der Waals surface area contributed by atoms with Gasteiger partial charge in [-0.3, -0.25) is 10.1 Å². The van der Waals surface area contributed by atoms with Crippen LogP contribution in [0.3, 0.4) is 0 Å². The lowest BCUT2D eigenvalue weighted by Crippen LogP contribution is -2.45. The number of carbonyl (C=O) groups is 2. The summed E-state index contributed by atoms with van der Waals surface area (Å²) in [6.45, 7) is 1.71. The van der Waals surface area contributed by atoms with E-state index in [1.54, 1.807) is 6.92 Å². The average molecular weight is 174 g/mol. The molecule has 2 N–H and O–H groups in total. The minimum Gasteiger partial charge on any atom is -0.323 e. The van der Waals surface area contributed by atoms with Gasteiger partial charge in [0.2, 0.25) is 0 Å². The molecule has 3 amide bonds. The number of imide groups is 1. The Labute approximate surface area is 69.1 Å². The van der Waals surface area contributed by atoms with Gasteiger partial charge in [0.1, 0.15) is 5.54 Å². The molecule has 0 aromatic rings. The van der Waals surface area contributed by atoms with Crippen LogP contribution in [0.1, 0.15) is 6.92 Å². The molecule has 0 aromatic carbocycles. The van der Waals surface area contributed by atoms with Gasteiger partial charge in [-0.1, -0.05) is 0 Å². The quantitative estimate of drug-likeness (QED) is 0.577. The Morgan fingerprint density at radius 1 is 1.55 bits per heavy atom. The van der Waals surface area contributed by atoms with Crippen LogP contribution in [-0.2, 0) is 4.79 Å². The molecular weight excluding hydrogens is 164 g/mol. The number of rotatable bonds is 2. The monoisotopic (exact) mass is 174 g/mol. The highest BCUT2D eigenvalue weighted by Crippen LogP contribution is 2.14. The average Bonchev–Trinajstić information content (AvgIpc) is 2.08. The molecule has 0 saturated carbocycles. The molecule has 0 spiro atoms. The smallest absolute Gasteiger partial charge is 0.322 e. The Morgan fingerprint density at radius 2 is 2.18 bits per heavy atom. The predicted molar refractivity (Wildman–Crippen MR) is 43.5 cm³/mol. The minimum absolute atomic E-state index is 0.239. The molecule has 1 aliphatic heterocycles. The summed E-state index contributed by atoms with van der Waals surface area (Å²) in [7, 11) is 0. The molecule has 1 heterocycles. The number of urea groups is 1. The lowest BCUT2D eigenvalue weighted by molar-refractivity contribution is -0.122. The van der Waals surface area contributed by atoms with Crippen molar-refractivity contribution in [1.82, 2.24) is 10.6 Å². The molecule has 1 rings (SSSR count). The van der Waals surface area contributed by atoms with Crippen LogP contribution >= 0.6 is 11.8 Å². The molecule has 0 radical (unpaired) electrons. The van der Waals surface area contributed by atoms with E-state index >= 15 is 0 Å². The minimum atomic E-state index is -0.712. The van der Waals surface area contributed by atoms with E-state index in [0.29, 0.717) is 5.75 Å². The highest BCUT2D eigenvalue weighted by Gasteiger charge is 2.41. The first-order valence-electron chi connectivity index (χ1n) is 3.21. The van der Waals surface area contributed by atoms with Crippen molar-refractivity contribution in [1.29, 1.82) is 0 Å². The molecule has 0 aliphatic carbocycles. The third kappa shape index (κ3) is 1.48. The molecule has 1 saturated heterocycles. The van der Waals surface area contributed by atoms with Crippen molar-refractivity contribution in [3.05, 3.63) is 0 Å². The lowest BCUT2D eigenvalue weighted by Gasteiger charge is -2.18. The Hall–Kier alpha value is -0.710. The van der Waals surface area contributed by atoms with Crippen LogP contribution in [0.2, 0.25) is 0 Å². The standard InChI is InChI=1S/C6H10N2O2S/c1-6(3-11-2)4(9)7-5(10)8-6/h3H2,1-2H3,(H2,7,8,9,10)/t6-/m0/s1. The number of hydrogen-bond donors (Lipinski definition) is 2. The van der Waals surface area contributed by atoms with Gasteiger partial charge in [-0.05, 0) is 13.2 Å². The van der Waals surface area contributed by atoms with Gasteiger partial charge in [-0.15, -0.1) is 0 Å². The summed E-state index contributed by atoms with van der Waals surface area (Å²) in [6.07, 6.45) is 1.89. The number of hydrogen-bond acceptors (Lipinski definition) is 3. The summed E-state index contributed by atoms with van der Waals surface area (Å²) in [4.78, 5) is 21.8. The summed E-state index contributed by atoms with van der Waals surface area (Å²) >= 11 is 1.53. The molecule has 0 aromatic heterocycles. The van der Waals surface area contributed by atoms with Crippen LogP contribution in [0.25, 0.3) is 0 Å². The maximum Gasteiger partial charge on any atom is 0.322 e. The van der Waals surface area contributed by atoms with Gasteiger partial charge >= 0.3 is 6.03 Å². The van der Waals surface area contributed by atoms with Crippen molar-refractivity contribution in [2.45, 2.75) is 12.5 Å². The zero-order chi connectivity index (χ0) is 8.48. The van der Waals surface area contributed by atoms with E-state index in [2.05, 4.69) is 10.6 Å². The summed E-state index contributed by atoms with van der Waals surface area (Å²) < 4.78 is 0. The van der Waals surface area contributed by atoms with Gasteiger partial charge in [0.25, 0.3) is 5.91 Å². The van der Waals surface area contributed by atoms with E-state index in [9.17, 15) is 9.59 Å². The van der Waals surface area contributed by atoms with Crippen LogP contribution in [0.15, 0.2) is 0 Å². The van der Waals surface area contributed by atoms with Crippen molar-refractivity contribution in [2.24, 2.45) is 0 Å². The Balaban J connectivity index is 2.70. The summed E-state index contributed by atoms with van der Waals surface area (Å²) in [5, 5.41) is 4.75. The van der Waals surface area contributed by atoms with Gasteiger partial charge in [0.15, 0.2) is 0 Å². The summed E-state index contributed by atoms with van der Waals surface area (Å²) in [5.41, 5.74) is -0.712. The van der Waals surface area contributed by atoms with Crippen molar-refractivity contribution < 1.29 is 9.59 Å². The third-order valence-corrected chi connectivity index (χ3v) is 2.42. The maximum atomic E-state index is 11.1. The second-order valence-electron chi connectivity index (χ2n) is 2.67. The van der Waals surface area contributed by atoms with E-state index < -0.39 is 11.6 Å².